The number of aliphatic hydroxyl groups excluding tert-OH is 1. The number of aliphatic hydroxyl groups is 1. The van der Waals surface area contributed by atoms with Crippen molar-refractivity contribution in [1.29, 1.82) is 0 Å². The van der Waals surface area contributed by atoms with Gasteiger partial charge >= 0.3 is 0 Å². The zero-order valence-corrected chi connectivity index (χ0v) is 11.6. The summed E-state index contributed by atoms with van der Waals surface area (Å²) in [5.41, 5.74) is 4.50. The summed E-state index contributed by atoms with van der Waals surface area (Å²) < 4.78 is 2.01. The van der Waals surface area contributed by atoms with E-state index in [-0.39, 0.29) is 6.61 Å². The van der Waals surface area contributed by atoms with Gasteiger partial charge in [-0.1, -0.05) is 11.8 Å². The average Bonchev–Trinajstić information content (AvgIpc) is 2.89. The number of aromatic nitrogens is 2. The first kappa shape index (κ1) is 12.9. The summed E-state index contributed by atoms with van der Waals surface area (Å²) in [6.07, 6.45) is 0. The van der Waals surface area contributed by atoms with Crippen molar-refractivity contribution in [3.05, 3.63) is 38.8 Å². The van der Waals surface area contributed by atoms with Crippen LogP contribution in [0.3, 0.4) is 0 Å². The lowest BCUT2D eigenvalue weighted by Crippen LogP contribution is -2.03. The van der Waals surface area contributed by atoms with Crippen molar-refractivity contribution in [2.24, 2.45) is 0 Å². The molecule has 94 valence electrons. The van der Waals surface area contributed by atoms with Gasteiger partial charge in [0, 0.05) is 16.1 Å². The Balaban J connectivity index is 2.29. The molecule has 0 aromatic carbocycles. The molecule has 0 amide bonds. The molecule has 4 heteroatoms. The lowest BCUT2D eigenvalue weighted by Gasteiger charge is -2.03. The maximum absolute atomic E-state index is 8.74. The highest BCUT2D eigenvalue weighted by Crippen LogP contribution is 2.19. The van der Waals surface area contributed by atoms with E-state index >= 15 is 0 Å². The summed E-state index contributed by atoms with van der Waals surface area (Å²) >= 11 is 1.67. The molecular weight excluding hydrogens is 244 g/mol. The zero-order chi connectivity index (χ0) is 13.1. The van der Waals surface area contributed by atoms with Crippen LogP contribution in [0.4, 0.5) is 0 Å². The Bertz CT molecular complexity index is 614. The quantitative estimate of drug-likeness (QED) is 0.841. The number of nitrogens with zero attached hydrogens (tertiary/aromatic N) is 2. The molecule has 0 atom stereocenters. The maximum atomic E-state index is 8.74. The van der Waals surface area contributed by atoms with E-state index in [1.807, 2.05) is 23.1 Å². The minimum absolute atomic E-state index is 0.103. The largest absolute Gasteiger partial charge is 0.384 e. The van der Waals surface area contributed by atoms with E-state index < -0.39 is 0 Å². The molecule has 2 aromatic rings. The van der Waals surface area contributed by atoms with Crippen LogP contribution in [0.15, 0.2) is 11.4 Å². The van der Waals surface area contributed by atoms with E-state index in [1.165, 1.54) is 16.1 Å². The highest BCUT2D eigenvalue weighted by atomic mass is 32.1. The minimum atomic E-state index is -0.103. The van der Waals surface area contributed by atoms with Crippen molar-refractivity contribution >= 4 is 11.3 Å². The highest BCUT2D eigenvalue weighted by molar-refractivity contribution is 7.10. The normalized spacial score (nSPS) is 10.2. The SMILES string of the molecule is Cc1nn(Cc2sccc2C#CCO)c(C)c1C. The average molecular weight is 260 g/mol. The number of thiophene rings is 1. The number of hydrogen-bond donors (Lipinski definition) is 1. The van der Waals surface area contributed by atoms with Gasteiger partial charge in [0.1, 0.15) is 6.61 Å². The Hall–Kier alpha value is -1.57. The number of aryl methyl sites for hydroxylation is 1. The smallest absolute Gasteiger partial charge is 0.104 e. The fraction of sp³-hybridized carbons (Fsp3) is 0.357. The molecule has 0 saturated heterocycles. The summed E-state index contributed by atoms with van der Waals surface area (Å²) in [4.78, 5) is 1.18. The van der Waals surface area contributed by atoms with Gasteiger partial charge in [-0.05, 0) is 37.8 Å². The lowest BCUT2D eigenvalue weighted by atomic mass is 10.2. The molecule has 0 unspecified atom stereocenters. The van der Waals surface area contributed by atoms with Gasteiger partial charge in [0.15, 0.2) is 0 Å². The topological polar surface area (TPSA) is 38.0 Å². The Kier molecular flexibility index (Phi) is 3.85. The summed E-state index contributed by atoms with van der Waals surface area (Å²) in [6.45, 7) is 6.85. The predicted octanol–water partition coefficient (Wildman–Crippen LogP) is 2.26. The molecule has 0 aliphatic rings. The van der Waals surface area contributed by atoms with E-state index in [4.69, 9.17) is 5.11 Å². The zero-order valence-electron chi connectivity index (χ0n) is 10.8. The molecule has 0 bridgehead atoms. The first-order chi connectivity index (χ1) is 8.63. The molecule has 0 radical (unpaired) electrons. The fourth-order valence-electron chi connectivity index (χ4n) is 1.79. The molecule has 0 fully saturated rings. The minimum Gasteiger partial charge on any atom is -0.384 e. The van der Waals surface area contributed by atoms with Crippen molar-refractivity contribution < 1.29 is 5.11 Å². The molecule has 3 nitrogen and oxygen atoms in total. The highest BCUT2D eigenvalue weighted by Gasteiger charge is 2.09. The second-order valence-corrected chi connectivity index (χ2v) is 5.17. The summed E-state index contributed by atoms with van der Waals surface area (Å²) in [6, 6.07) is 1.99. The van der Waals surface area contributed by atoms with Gasteiger partial charge in [0.25, 0.3) is 0 Å². The first-order valence-electron chi connectivity index (χ1n) is 5.80. The number of hydrogen-bond acceptors (Lipinski definition) is 3. The van der Waals surface area contributed by atoms with Crippen molar-refractivity contribution in [3.8, 4) is 11.8 Å². The molecule has 0 saturated carbocycles. The molecular formula is C14H16N2OS. The predicted molar refractivity (Wildman–Crippen MR) is 73.8 cm³/mol. The summed E-state index contributed by atoms with van der Waals surface area (Å²) in [7, 11) is 0. The van der Waals surface area contributed by atoms with Gasteiger partial charge in [0.05, 0.1) is 12.2 Å². The van der Waals surface area contributed by atoms with Gasteiger partial charge in [-0.15, -0.1) is 11.3 Å². The van der Waals surface area contributed by atoms with E-state index in [0.717, 1.165) is 17.8 Å². The van der Waals surface area contributed by atoms with Crippen molar-refractivity contribution in [2.45, 2.75) is 27.3 Å². The van der Waals surface area contributed by atoms with Gasteiger partial charge < -0.3 is 5.11 Å². The Labute approximate surface area is 111 Å². The number of rotatable bonds is 2. The van der Waals surface area contributed by atoms with Crippen LogP contribution in [-0.2, 0) is 6.54 Å². The van der Waals surface area contributed by atoms with Crippen molar-refractivity contribution in [1.82, 2.24) is 9.78 Å². The van der Waals surface area contributed by atoms with Crippen LogP contribution < -0.4 is 0 Å². The van der Waals surface area contributed by atoms with Crippen LogP contribution in [0.25, 0.3) is 0 Å². The second-order valence-electron chi connectivity index (χ2n) is 4.17. The van der Waals surface area contributed by atoms with Crippen LogP contribution in [-0.4, -0.2) is 21.5 Å². The molecule has 0 spiro atoms. The van der Waals surface area contributed by atoms with Gasteiger partial charge in [0.2, 0.25) is 0 Å². The van der Waals surface area contributed by atoms with E-state index in [2.05, 4.69) is 30.8 Å². The van der Waals surface area contributed by atoms with Gasteiger partial charge in [-0.3, -0.25) is 4.68 Å². The van der Waals surface area contributed by atoms with Crippen LogP contribution in [0.5, 0.6) is 0 Å². The van der Waals surface area contributed by atoms with Crippen LogP contribution >= 0.6 is 11.3 Å². The third-order valence-corrected chi connectivity index (χ3v) is 3.99. The lowest BCUT2D eigenvalue weighted by molar-refractivity contribution is 0.350. The molecule has 18 heavy (non-hydrogen) atoms. The van der Waals surface area contributed by atoms with Crippen LogP contribution in [0, 0.1) is 32.6 Å². The third kappa shape index (κ3) is 2.47. The maximum Gasteiger partial charge on any atom is 0.104 e. The Morgan fingerprint density at radius 1 is 1.39 bits per heavy atom. The Morgan fingerprint density at radius 2 is 2.17 bits per heavy atom. The first-order valence-corrected chi connectivity index (χ1v) is 6.68. The molecule has 0 aliphatic heterocycles. The van der Waals surface area contributed by atoms with Crippen LogP contribution in [0.1, 0.15) is 27.4 Å². The second kappa shape index (κ2) is 5.38. The van der Waals surface area contributed by atoms with Gasteiger partial charge in [-0.2, -0.15) is 5.10 Å². The Morgan fingerprint density at radius 3 is 2.78 bits per heavy atom. The fourth-order valence-corrected chi connectivity index (χ4v) is 2.60. The molecule has 2 rings (SSSR count). The van der Waals surface area contributed by atoms with Crippen molar-refractivity contribution in [3.63, 3.8) is 0 Å². The molecule has 2 aromatic heterocycles. The molecule has 0 aliphatic carbocycles. The summed E-state index contributed by atoms with van der Waals surface area (Å²) in [5, 5.41) is 15.3. The van der Waals surface area contributed by atoms with Crippen LogP contribution in [0.2, 0.25) is 0 Å². The summed E-state index contributed by atoms with van der Waals surface area (Å²) in [5.74, 6) is 5.66. The monoisotopic (exact) mass is 260 g/mol. The molecule has 2 heterocycles. The van der Waals surface area contributed by atoms with E-state index in [1.54, 1.807) is 11.3 Å². The molecule has 1 N–H and O–H groups in total. The standard InChI is InChI=1S/C14H16N2OS/c1-10-11(2)15-16(12(10)3)9-14-13(5-4-7-17)6-8-18-14/h6,8,17H,7,9H2,1-3H3. The van der Waals surface area contributed by atoms with E-state index in [0.29, 0.717) is 0 Å². The third-order valence-electron chi connectivity index (χ3n) is 3.08. The van der Waals surface area contributed by atoms with Crippen molar-refractivity contribution in [2.75, 3.05) is 6.61 Å². The van der Waals surface area contributed by atoms with Gasteiger partial charge in [-0.25, -0.2) is 0 Å². The van der Waals surface area contributed by atoms with E-state index in [9.17, 15) is 0 Å².